The van der Waals surface area contributed by atoms with E-state index in [-0.39, 0.29) is 5.41 Å². The molecule has 5 aromatic carbocycles. The number of fused-ring (bicyclic) bond motifs is 6. The number of benzene rings is 5. The summed E-state index contributed by atoms with van der Waals surface area (Å²) in [6.07, 6.45) is 6.97. The average molecular weight is 569 g/mol. The number of hydrogen-bond donors (Lipinski definition) is 0. The van der Waals surface area contributed by atoms with E-state index in [2.05, 4.69) is 159 Å². The van der Waals surface area contributed by atoms with E-state index < -0.39 is 15.8 Å². The summed E-state index contributed by atoms with van der Waals surface area (Å²) in [4.78, 5) is 0. The molecule has 0 radical (unpaired) electrons. The minimum Gasteiger partial charge on any atom is -0.0828 e. The SMILES string of the molecule is C/C=C(/P(c1ccccc1)c1ccccc1)C1(C)CCc2ccc(c(P(c3ccccc3)c3ccccc3)c2)CC1. The molecule has 0 aliphatic heterocycles. The second kappa shape index (κ2) is 12.7. The van der Waals surface area contributed by atoms with E-state index in [0.717, 1.165) is 25.7 Å². The van der Waals surface area contributed by atoms with Gasteiger partial charge in [-0.15, -0.1) is 0 Å². The van der Waals surface area contributed by atoms with Crippen molar-refractivity contribution in [3.8, 4) is 0 Å². The van der Waals surface area contributed by atoms with Crippen molar-refractivity contribution in [1.29, 1.82) is 0 Å². The summed E-state index contributed by atoms with van der Waals surface area (Å²) in [6.45, 7) is 4.82. The highest BCUT2D eigenvalue weighted by Crippen LogP contribution is 2.55. The summed E-state index contributed by atoms with van der Waals surface area (Å²) >= 11 is 0. The highest BCUT2D eigenvalue weighted by atomic mass is 31.1. The number of hydrogen-bond acceptors (Lipinski definition) is 0. The van der Waals surface area contributed by atoms with Crippen molar-refractivity contribution in [3.63, 3.8) is 0 Å². The number of aryl methyl sites for hydroxylation is 2. The first-order valence-electron chi connectivity index (χ1n) is 14.8. The fourth-order valence-corrected chi connectivity index (χ4v) is 11.7. The van der Waals surface area contributed by atoms with Crippen molar-refractivity contribution in [2.45, 2.75) is 39.5 Å². The largest absolute Gasteiger partial charge is 0.0828 e. The van der Waals surface area contributed by atoms with Crippen molar-refractivity contribution in [2.75, 3.05) is 0 Å². The van der Waals surface area contributed by atoms with Crippen LogP contribution >= 0.6 is 15.8 Å². The Morgan fingerprint density at radius 2 is 1.05 bits per heavy atom. The van der Waals surface area contributed by atoms with Gasteiger partial charge in [-0.25, -0.2) is 0 Å². The van der Waals surface area contributed by atoms with Gasteiger partial charge in [0, 0.05) is 0 Å². The van der Waals surface area contributed by atoms with Crippen LogP contribution in [0.25, 0.3) is 0 Å². The lowest BCUT2D eigenvalue weighted by Crippen LogP contribution is -2.26. The average Bonchev–Trinajstić information content (AvgIpc) is 3.16. The van der Waals surface area contributed by atoms with Gasteiger partial charge in [-0.1, -0.05) is 153 Å². The molecular formula is C39H38P2. The maximum absolute atomic E-state index is 2.55. The van der Waals surface area contributed by atoms with E-state index in [4.69, 9.17) is 0 Å². The minimum absolute atomic E-state index is 0.111. The van der Waals surface area contributed by atoms with Crippen LogP contribution in [-0.4, -0.2) is 0 Å². The molecule has 2 aliphatic carbocycles. The molecule has 0 aromatic heterocycles. The van der Waals surface area contributed by atoms with E-state index in [1.54, 1.807) is 5.31 Å². The summed E-state index contributed by atoms with van der Waals surface area (Å²) in [5.74, 6) is 0. The Balaban J connectivity index is 1.41. The van der Waals surface area contributed by atoms with Crippen molar-refractivity contribution >= 4 is 42.4 Å². The Morgan fingerprint density at radius 1 is 0.585 bits per heavy atom. The van der Waals surface area contributed by atoms with Gasteiger partial charge >= 0.3 is 0 Å². The first-order chi connectivity index (χ1) is 20.2. The molecule has 2 aliphatic rings. The van der Waals surface area contributed by atoms with Gasteiger partial charge < -0.3 is 0 Å². The molecule has 41 heavy (non-hydrogen) atoms. The highest BCUT2D eigenvalue weighted by molar-refractivity contribution is 7.80. The van der Waals surface area contributed by atoms with Crippen LogP contribution in [0, 0.1) is 5.41 Å². The standard InChI is InChI=1S/C39H38P2/c1-3-38(41(35-20-12-6-13-21-35)36-22-14-7-15-23-36)39(2)28-26-31-24-25-32(27-29-39)37(30-31)40(33-16-8-4-9-17-33)34-18-10-5-11-19-34/h3-25,30H,26-29H2,1-2H3/b38-3+. The third kappa shape index (κ3) is 6.02. The predicted molar refractivity (Wildman–Crippen MR) is 183 cm³/mol. The summed E-state index contributed by atoms with van der Waals surface area (Å²) in [6, 6.07) is 52.2. The van der Waals surface area contributed by atoms with Crippen molar-refractivity contribution in [3.05, 3.63) is 162 Å². The second-order valence-electron chi connectivity index (χ2n) is 11.2. The van der Waals surface area contributed by atoms with Crippen LogP contribution in [0.1, 0.15) is 37.8 Å². The third-order valence-electron chi connectivity index (χ3n) is 8.49. The Kier molecular flexibility index (Phi) is 8.62. The summed E-state index contributed by atoms with van der Waals surface area (Å²) in [5.41, 5.74) is 3.09. The van der Waals surface area contributed by atoms with E-state index in [0.29, 0.717) is 0 Å². The maximum atomic E-state index is 2.55. The zero-order valence-electron chi connectivity index (χ0n) is 24.1. The number of allylic oxidation sites excluding steroid dienone is 2. The minimum atomic E-state index is -0.618. The zero-order chi connectivity index (χ0) is 28.1. The molecule has 1 unspecified atom stereocenters. The molecule has 0 saturated carbocycles. The lowest BCUT2D eigenvalue weighted by atomic mass is 9.79. The smallest absolute Gasteiger partial charge is 0.00615 e. The van der Waals surface area contributed by atoms with Crippen LogP contribution in [0.4, 0.5) is 0 Å². The molecule has 0 N–H and O–H groups in total. The summed E-state index contributed by atoms with van der Waals surface area (Å²) < 4.78 is 0. The monoisotopic (exact) mass is 568 g/mol. The van der Waals surface area contributed by atoms with Crippen LogP contribution < -0.4 is 26.5 Å². The van der Waals surface area contributed by atoms with Gasteiger partial charge in [-0.3, -0.25) is 0 Å². The fourth-order valence-electron chi connectivity index (χ4n) is 6.31. The molecule has 7 rings (SSSR count). The van der Waals surface area contributed by atoms with Crippen LogP contribution in [0.5, 0.6) is 0 Å². The van der Waals surface area contributed by atoms with E-state index in [1.165, 1.54) is 37.6 Å². The first-order valence-corrected chi connectivity index (χ1v) is 17.4. The molecule has 0 heterocycles. The molecule has 0 spiro atoms. The molecule has 204 valence electrons. The molecule has 5 aromatic rings. The molecule has 0 amide bonds. The van der Waals surface area contributed by atoms with Crippen LogP contribution in [0.15, 0.2) is 151 Å². The molecule has 2 heteroatoms. The molecule has 2 bridgehead atoms. The zero-order valence-corrected chi connectivity index (χ0v) is 25.9. The van der Waals surface area contributed by atoms with Crippen molar-refractivity contribution in [2.24, 2.45) is 5.41 Å². The van der Waals surface area contributed by atoms with Crippen LogP contribution in [0.3, 0.4) is 0 Å². The first kappa shape index (κ1) is 27.8. The molecule has 1 atom stereocenters. The quantitative estimate of drug-likeness (QED) is 0.173. The van der Waals surface area contributed by atoms with E-state index in [1.807, 2.05) is 0 Å². The van der Waals surface area contributed by atoms with Gasteiger partial charge in [0.1, 0.15) is 0 Å². The Labute approximate surface area is 248 Å². The third-order valence-corrected chi connectivity index (χ3v) is 13.9. The Bertz CT molecular complexity index is 1510. The van der Waals surface area contributed by atoms with Gasteiger partial charge in [-0.05, 0) is 96.8 Å². The molecule has 0 nitrogen and oxygen atoms in total. The summed E-state index contributed by atoms with van der Waals surface area (Å²) in [5, 5.41) is 8.90. The molecular weight excluding hydrogens is 530 g/mol. The van der Waals surface area contributed by atoms with E-state index >= 15 is 0 Å². The molecule has 0 fully saturated rings. The Morgan fingerprint density at radius 3 is 1.54 bits per heavy atom. The summed E-state index contributed by atoms with van der Waals surface area (Å²) in [7, 11) is -1.23. The lowest BCUT2D eigenvalue weighted by Gasteiger charge is -2.38. The van der Waals surface area contributed by atoms with Gasteiger partial charge in [0.15, 0.2) is 0 Å². The van der Waals surface area contributed by atoms with Gasteiger partial charge in [0.25, 0.3) is 0 Å². The second-order valence-corrected chi connectivity index (χ2v) is 15.6. The fraction of sp³-hybridized carbons (Fsp3) is 0.179. The van der Waals surface area contributed by atoms with Crippen LogP contribution in [-0.2, 0) is 12.8 Å². The predicted octanol–water partition coefficient (Wildman–Crippen LogP) is 8.37. The van der Waals surface area contributed by atoms with Gasteiger partial charge in [0.05, 0.1) is 0 Å². The number of rotatable bonds is 7. The van der Waals surface area contributed by atoms with Crippen LogP contribution in [0.2, 0.25) is 0 Å². The van der Waals surface area contributed by atoms with Crippen molar-refractivity contribution < 1.29 is 0 Å². The van der Waals surface area contributed by atoms with E-state index in [9.17, 15) is 0 Å². The maximum Gasteiger partial charge on any atom is -0.00615 e. The normalized spacial score (nSPS) is 17.3. The Hall–Kier alpha value is -3.30. The topological polar surface area (TPSA) is 0 Å². The highest BCUT2D eigenvalue weighted by Gasteiger charge is 2.35. The van der Waals surface area contributed by atoms with Gasteiger partial charge in [0.2, 0.25) is 0 Å². The van der Waals surface area contributed by atoms with Crippen molar-refractivity contribution in [1.82, 2.24) is 0 Å². The molecule has 0 saturated heterocycles. The lowest BCUT2D eigenvalue weighted by molar-refractivity contribution is 0.354. The van der Waals surface area contributed by atoms with Gasteiger partial charge in [-0.2, -0.15) is 0 Å².